The zero-order chi connectivity index (χ0) is 34.0. The molecule has 4 rings (SSSR count). The van der Waals surface area contributed by atoms with Gasteiger partial charge in [0.1, 0.15) is 17.5 Å². The van der Waals surface area contributed by atoms with Crippen molar-refractivity contribution in [1.29, 1.82) is 0 Å². The number of nitrogens with one attached hydrogen (secondary N) is 1. The molecule has 4 aromatic rings. The molecule has 0 radical (unpaired) electrons. The number of carbonyl (C=O) groups excluding carboxylic acids is 3. The van der Waals surface area contributed by atoms with Crippen LogP contribution >= 0.6 is 0 Å². The quantitative estimate of drug-likeness (QED) is 0.0547. The first-order valence-corrected chi connectivity index (χ1v) is 15.8. The summed E-state index contributed by atoms with van der Waals surface area (Å²) in [5.41, 5.74) is 9.20. The Morgan fingerprint density at radius 3 is 2.47 bits per heavy atom. The van der Waals surface area contributed by atoms with Gasteiger partial charge in [-0.2, -0.15) is 4.99 Å². The van der Waals surface area contributed by atoms with Gasteiger partial charge in [-0.25, -0.2) is 9.97 Å². The number of aromatic nitrogens is 3. The number of amidine groups is 1. The van der Waals surface area contributed by atoms with Gasteiger partial charge in [0.15, 0.2) is 0 Å². The van der Waals surface area contributed by atoms with Gasteiger partial charge in [0.25, 0.3) is 5.91 Å². The number of hydrogen-bond acceptors (Lipinski definition) is 8. The normalized spacial score (nSPS) is 11.0. The molecule has 12 heteroatoms. The van der Waals surface area contributed by atoms with E-state index in [0.29, 0.717) is 35.4 Å². The first-order valence-electron chi connectivity index (χ1n) is 15.8. The lowest BCUT2D eigenvalue weighted by Gasteiger charge is -2.21. The number of rotatable bonds is 16. The topological polar surface area (TPSA) is 154 Å². The van der Waals surface area contributed by atoms with E-state index in [4.69, 9.17) is 20.2 Å². The van der Waals surface area contributed by atoms with Crippen LogP contribution in [0.4, 0.5) is 11.5 Å². The highest BCUT2D eigenvalue weighted by Gasteiger charge is 2.21. The second-order valence-electron chi connectivity index (χ2n) is 10.6. The molecule has 0 aliphatic rings. The molecular weight excluding hydrogens is 598 g/mol. The van der Waals surface area contributed by atoms with E-state index in [2.05, 4.69) is 22.2 Å². The molecular formula is C35H45N7O5. The Hall–Kier alpha value is -5.10. The fourth-order valence-electron chi connectivity index (χ4n) is 4.71. The average Bonchev–Trinajstić information content (AvgIpc) is 3.41. The molecule has 0 aliphatic heterocycles. The highest BCUT2D eigenvalue weighted by Crippen LogP contribution is 2.21. The van der Waals surface area contributed by atoms with Crippen LogP contribution in [0.25, 0.3) is 11.0 Å². The number of benzene rings is 2. The molecule has 0 saturated carbocycles. The summed E-state index contributed by atoms with van der Waals surface area (Å²) >= 11 is 0. The highest BCUT2D eigenvalue weighted by atomic mass is 16.5. The van der Waals surface area contributed by atoms with Crippen LogP contribution in [0.3, 0.4) is 0 Å². The second kappa shape index (κ2) is 19.4. The number of ether oxygens (including phenoxy) is 2. The molecule has 0 saturated heterocycles. The van der Waals surface area contributed by atoms with E-state index in [1.165, 1.54) is 30.6 Å². The largest absolute Gasteiger partial charge is 0.466 e. The van der Waals surface area contributed by atoms with Crippen molar-refractivity contribution in [3.63, 3.8) is 0 Å². The maximum Gasteiger partial charge on any atom is 0.307 e. The van der Waals surface area contributed by atoms with Crippen molar-refractivity contribution < 1.29 is 23.9 Å². The summed E-state index contributed by atoms with van der Waals surface area (Å²) in [5.74, 6) is 0.700. The van der Waals surface area contributed by atoms with E-state index < -0.39 is 0 Å². The van der Waals surface area contributed by atoms with E-state index in [0.717, 1.165) is 23.6 Å². The van der Waals surface area contributed by atoms with Crippen molar-refractivity contribution in [1.82, 2.24) is 14.5 Å². The number of anilines is 2. The Kier molecular flexibility index (Phi) is 15.0. The van der Waals surface area contributed by atoms with Crippen molar-refractivity contribution >= 4 is 46.7 Å². The molecule has 0 unspecified atom stereocenters. The summed E-state index contributed by atoms with van der Waals surface area (Å²) in [6.07, 6.45) is 7.27. The summed E-state index contributed by atoms with van der Waals surface area (Å²) in [4.78, 5) is 50.1. The van der Waals surface area contributed by atoms with Crippen LogP contribution in [0.2, 0.25) is 0 Å². The van der Waals surface area contributed by atoms with E-state index in [1.54, 1.807) is 62.7 Å². The maximum absolute atomic E-state index is 13.5. The van der Waals surface area contributed by atoms with Gasteiger partial charge in [-0.1, -0.05) is 32.3 Å². The zero-order valence-electron chi connectivity index (χ0n) is 27.6. The van der Waals surface area contributed by atoms with Crippen molar-refractivity contribution in [2.45, 2.75) is 52.5 Å². The molecule has 12 nitrogen and oxygen atoms in total. The number of nitrogens with zero attached hydrogens (tertiary/aromatic N) is 5. The molecule has 2 aromatic carbocycles. The van der Waals surface area contributed by atoms with Gasteiger partial charge in [-0.15, -0.1) is 0 Å². The van der Waals surface area contributed by atoms with E-state index in [-0.39, 0.29) is 37.3 Å². The Morgan fingerprint density at radius 2 is 1.81 bits per heavy atom. The number of carbonyl (C=O) groups is 3. The van der Waals surface area contributed by atoms with Crippen LogP contribution in [0, 0.1) is 0 Å². The molecule has 3 N–H and O–H groups in total. The molecule has 2 aromatic heterocycles. The van der Waals surface area contributed by atoms with Crippen LogP contribution in [0.15, 0.2) is 71.9 Å². The summed E-state index contributed by atoms with van der Waals surface area (Å²) < 4.78 is 11.9. The molecule has 0 fully saturated rings. The van der Waals surface area contributed by atoms with Crippen molar-refractivity contribution in [2.24, 2.45) is 17.8 Å². The number of hydrogen-bond donors (Lipinski definition) is 2. The van der Waals surface area contributed by atoms with Crippen molar-refractivity contribution in [2.75, 3.05) is 37.1 Å². The number of esters is 1. The third-order valence-electron chi connectivity index (χ3n) is 7.26. The van der Waals surface area contributed by atoms with E-state index in [1.807, 2.05) is 29.8 Å². The summed E-state index contributed by atoms with van der Waals surface area (Å²) in [7, 11) is 3.67. The van der Waals surface area contributed by atoms with Gasteiger partial charge in [-0.05, 0) is 67.9 Å². The summed E-state index contributed by atoms with van der Waals surface area (Å²) in [5, 5.41) is 3.31. The standard InChI is InChI=1S/C28H29N7O4.C7H16O/c1-3-39-26(37)13-15-35(24-6-4-5-14-30-24)28(38)20-9-12-23-22(16-20)33-25(34(23)2)17-31-21-10-7-19(8-11-21)27(29)32-18-36;1-3-4-5-6-7-8-2/h4-12,14,16,18,31H,3,13,15,17H2,1-2H3,(H2,29,32,36);3-7H2,1-2H3. The third-order valence-corrected chi connectivity index (χ3v) is 7.26. The second-order valence-corrected chi connectivity index (χ2v) is 10.6. The number of imidazole rings is 1. The number of methoxy groups -OCH3 is 1. The van der Waals surface area contributed by atoms with Gasteiger partial charge in [0.05, 0.1) is 30.6 Å². The molecule has 0 spiro atoms. The smallest absolute Gasteiger partial charge is 0.307 e. The number of unbranched alkanes of at least 4 members (excludes halogenated alkanes) is 3. The Morgan fingerprint density at radius 1 is 1.04 bits per heavy atom. The summed E-state index contributed by atoms with van der Waals surface area (Å²) in [6.45, 7) is 5.73. The number of fused-ring (bicyclic) bond motifs is 1. The minimum absolute atomic E-state index is 0.0509. The Balaban J connectivity index is 0.000000665. The predicted molar refractivity (Wildman–Crippen MR) is 184 cm³/mol. The Bertz CT molecular complexity index is 1600. The van der Waals surface area contributed by atoms with Crippen LogP contribution in [-0.2, 0) is 32.7 Å². The molecule has 0 atom stereocenters. The molecule has 0 bridgehead atoms. The molecule has 2 amide bonds. The molecule has 47 heavy (non-hydrogen) atoms. The fraction of sp³-hybridized carbons (Fsp3) is 0.371. The molecule has 2 heterocycles. The highest BCUT2D eigenvalue weighted by molar-refractivity contribution is 6.07. The van der Waals surface area contributed by atoms with Gasteiger partial charge in [0, 0.05) is 50.3 Å². The maximum atomic E-state index is 13.5. The monoisotopic (exact) mass is 643 g/mol. The predicted octanol–water partition coefficient (Wildman–Crippen LogP) is 5.26. The van der Waals surface area contributed by atoms with Crippen LogP contribution in [0.5, 0.6) is 0 Å². The first kappa shape index (κ1) is 36.4. The first-order chi connectivity index (χ1) is 22.8. The van der Waals surface area contributed by atoms with Crippen LogP contribution in [-0.4, -0.2) is 65.5 Å². The van der Waals surface area contributed by atoms with Crippen molar-refractivity contribution in [3.8, 4) is 0 Å². The van der Waals surface area contributed by atoms with Gasteiger partial charge < -0.3 is 25.1 Å². The van der Waals surface area contributed by atoms with E-state index >= 15 is 0 Å². The van der Waals surface area contributed by atoms with E-state index in [9.17, 15) is 14.4 Å². The lowest BCUT2D eigenvalue weighted by atomic mass is 10.1. The average molecular weight is 644 g/mol. The number of amides is 2. The summed E-state index contributed by atoms with van der Waals surface area (Å²) in [6, 6.07) is 17.8. The Labute approximate surface area is 276 Å². The minimum atomic E-state index is -0.379. The molecule has 250 valence electrons. The van der Waals surface area contributed by atoms with Gasteiger partial charge in [0.2, 0.25) is 6.41 Å². The minimum Gasteiger partial charge on any atom is -0.466 e. The van der Waals surface area contributed by atoms with Gasteiger partial charge in [-0.3, -0.25) is 19.3 Å². The van der Waals surface area contributed by atoms with Crippen LogP contribution < -0.4 is 16.0 Å². The lowest BCUT2D eigenvalue weighted by molar-refractivity contribution is -0.142. The fourth-order valence-corrected chi connectivity index (χ4v) is 4.71. The lowest BCUT2D eigenvalue weighted by Crippen LogP contribution is -2.34. The SMILES string of the molecule is CCCCCCOC.CCOC(=O)CCN(C(=O)c1ccc2c(c1)nc(CNc1ccc(C(N)=NC=O)cc1)n2C)c1ccccn1. The number of aryl methyl sites for hydroxylation is 1. The number of nitrogens with two attached hydrogens (primary N) is 1. The molecule has 0 aliphatic carbocycles. The number of aliphatic imine (C=N–C) groups is 1. The number of pyridine rings is 1. The third kappa shape index (κ3) is 11.0. The van der Waals surface area contributed by atoms with Gasteiger partial charge >= 0.3 is 5.97 Å². The zero-order valence-corrected chi connectivity index (χ0v) is 27.6. The van der Waals surface area contributed by atoms with Crippen molar-refractivity contribution in [3.05, 3.63) is 83.8 Å². The van der Waals surface area contributed by atoms with Crippen LogP contribution in [0.1, 0.15) is 67.7 Å².